The van der Waals surface area contributed by atoms with Gasteiger partial charge in [-0.1, -0.05) is 60.7 Å². The molecule has 6 heterocycles. The molecule has 23 nitrogen and oxygen atoms in total. The van der Waals surface area contributed by atoms with Gasteiger partial charge in [-0.2, -0.15) is 10.1 Å². The molecule has 6 aliphatic heterocycles. The Kier molecular flexibility index (Phi) is 21.7. The number of nitrogens with two attached hydrogens (primary N) is 1. The number of carboxylic acids is 1. The Morgan fingerprint density at radius 2 is 1.00 bits per heavy atom. The maximum Gasteiger partial charge on any atom is 0.410 e. The molecule has 6 aliphatic rings. The number of hydrogen-bond donors (Lipinski definition) is 3. The fourth-order valence-corrected chi connectivity index (χ4v) is 9.33. The van der Waals surface area contributed by atoms with E-state index in [4.69, 9.17) is 44.5 Å². The number of hydroxylamine groups is 5. The van der Waals surface area contributed by atoms with Crippen molar-refractivity contribution in [3.05, 3.63) is 71.8 Å². The number of piperidine rings is 4. The van der Waals surface area contributed by atoms with Gasteiger partial charge in [0.25, 0.3) is 5.91 Å². The molecule has 416 valence electrons. The molecule has 0 spiro atoms. The van der Waals surface area contributed by atoms with Crippen LogP contribution in [0.5, 0.6) is 0 Å². The number of urea groups is 2. The molecule has 0 radical (unpaired) electrons. The summed E-state index contributed by atoms with van der Waals surface area (Å²) >= 11 is 0. The van der Waals surface area contributed by atoms with Gasteiger partial charge in [-0.25, -0.2) is 35.3 Å². The predicted octanol–water partition coefficient (Wildman–Crippen LogP) is 5.61. The number of rotatable bonds is 17. The number of nitrogens with zero attached hydrogens (tertiary/aromatic N) is 6. The van der Waals surface area contributed by atoms with Gasteiger partial charge in [0.05, 0.1) is 50.7 Å². The second kappa shape index (κ2) is 27.8. The minimum atomic E-state index is -0.943. The van der Waals surface area contributed by atoms with Crippen molar-refractivity contribution in [2.24, 2.45) is 5.90 Å². The molecule has 6 fully saturated rings. The minimum Gasteiger partial charge on any atom is -0.480 e. The first kappa shape index (κ1) is 58.4. The van der Waals surface area contributed by atoms with Gasteiger partial charge in [-0.05, 0) is 104 Å². The smallest absolute Gasteiger partial charge is 0.410 e. The maximum absolute atomic E-state index is 12.9. The second-order valence-corrected chi connectivity index (χ2v) is 21.1. The third-order valence-corrected chi connectivity index (χ3v) is 13.1. The Morgan fingerprint density at radius 3 is 1.41 bits per heavy atom. The molecular formula is C52H78N8O15. The highest BCUT2D eigenvalue weighted by Crippen LogP contribution is 2.32. The summed E-state index contributed by atoms with van der Waals surface area (Å²) < 4.78 is 22.1. The molecule has 23 heteroatoms. The zero-order valence-electron chi connectivity index (χ0n) is 44.3. The van der Waals surface area contributed by atoms with Gasteiger partial charge < -0.3 is 48.5 Å². The Morgan fingerprint density at radius 1 is 0.587 bits per heavy atom. The van der Waals surface area contributed by atoms with E-state index in [1.165, 1.54) is 15.0 Å². The van der Waals surface area contributed by atoms with Crippen molar-refractivity contribution in [3.8, 4) is 0 Å². The molecular weight excluding hydrogens is 977 g/mol. The summed E-state index contributed by atoms with van der Waals surface area (Å²) in [6.45, 7) is 16.6. The summed E-state index contributed by atoms with van der Waals surface area (Å²) in [5.41, 5.74) is 3.47. The van der Waals surface area contributed by atoms with Crippen LogP contribution in [-0.2, 0) is 61.1 Å². The van der Waals surface area contributed by atoms with Crippen LogP contribution in [0.15, 0.2) is 60.7 Å². The van der Waals surface area contributed by atoms with E-state index in [-0.39, 0.29) is 61.1 Å². The van der Waals surface area contributed by atoms with E-state index < -0.39 is 29.3 Å². The average Bonchev–Trinajstić information content (AvgIpc) is 3.76. The first-order chi connectivity index (χ1) is 35.8. The van der Waals surface area contributed by atoms with Gasteiger partial charge in [-0.3, -0.25) is 19.3 Å². The van der Waals surface area contributed by atoms with E-state index in [0.717, 1.165) is 36.8 Å². The zero-order valence-corrected chi connectivity index (χ0v) is 44.3. The second-order valence-electron chi connectivity index (χ2n) is 21.1. The summed E-state index contributed by atoms with van der Waals surface area (Å²) in [4.78, 5) is 100. The number of amides is 7. The summed E-state index contributed by atoms with van der Waals surface area (Å²) in [5, 5.41) is 11.9. The summed E-state index contributed by atoms with van der Waals surface area (Å²) in [5.74, 6) is 3.63. The highest BCUT2D eigenvalue weighted by Gasteiger charge is 2.49. The van der Waals surface area contributed by atoms with Crippen LogP contribution in [0.2, 0.25) is 0 Å². The number of benzene rings is 2. The van der Waals surface area contributed by atoms with Gasteiger partial charge in [-0.15, -0.1) is 0 Å². The molecule has 2 aromatic carbocycles. The van der Waals surface area contributed by atoms with E-state index >= 15 is 0 Å². The van der Waals surface area contributed by atoms with Crippen molar-refractivity contribution >= 4 is 36.1 Å². The Bertz CT molecular complexity index is 2150. The standard InChI is InChI=1S/C26H38N4O7.C14H16N2O4.C12H24N2O4/c1-26(2,3)37-25(33)28-13-11-21(12-14-28)34-15-16-35-27-23(31)22-10-9-20-17-29(22)24(32)30(20)36-18-19-7-5-4-6-8-19;17-13(18)12-7-6-11-8-15(12)14(19)16(11)20-9-10-4-2-1-3-5-10;1-12(2,3)18-11(15)14-6-4-10(5-7-14)16-8-9-17-13/h4-8,20-22H,9-18H2,1-3H3,(H,27,31);1-5,11-12H,6-9H2,(H,17,18);10H,4-9,13H2,1-3H3/t20-,22+;11-,12+;/m11./s1. The fraction of sp³-hybridized carbons (Fsp3) is 0.654. The zero-order chi connectivity index (χ0) is 54.1. The lowest BCUT2D eigenvalue weighted by molar-refractivity contribution is -0.143. The number of carbonyl (C=O) groups is 6. The monoisotopic (exact) mass is 1050 g/mol. The third-order valence-electron chi connectivity index (χ3n) is 13.1. The number of fused-ring (bicyclic) bond motifs is 4. The van der Waals surface area contributed by atoms with Crippen LogP contribution in [0.25, 0.3) is 0 Å². The van der Waals surface area contributed by atoms with Crippen molar-refractivity contribution in [2.45, 2.75) is 154 Å². The molecule has 75 heavy (non-hydrogen) atoms. The minimum absolute atomic E-state index is 0.0253. The highest BCUT2D eigenvalue weighted by molar-refractivity contribution is 5.88. The van der Waals surface area contributed by atoms with E-state index in [9.17, 15) is 28.8 Å². The molecule has 7 amide bonds. The third kappa shape index (κ3) is 17.9. The number of hydrogen-bond acceptors (Lipinski definition) is 15. The van der Waals surface area contributed by atoms with Gasteiger partial charge in [0.1, 0.15) is 36.5 Å². The van der Waals surface area contributed by atoms with Crippen LogP contribution in [0.3, 0.4) is 0 Å². The molecule has 6 saturated heterocycles. The predicted molar refractivity (Wildman–Crippen MR) is 269 cm³/mol. The lowest BCUT2D eigenvalue weighted by Crippen LogP contribution is -2.49. The molecule has 4 bridgehead atoms. The normalized spacial score (nSPS) is 22.0. The number of nitrogens with one attached hydrogen (secondary N) is 1. The van der Waals surface area contributed by atoms with E-state index in [2.05, 4.69) is 10.3 Å². The Labute approximate surface area is 439 Å². The van der Waals surface area contributed by atoms with Gasteiger partial charge in [0, 0.05) is 39.3 Å². The maximum atomic E-state index is 12.9. The van der Waals surface area contributed by atoms with Crippen LogP contribution in [0, 0.1) is 0 Å². The summed E-state index contributed by atoms with van der Waals surface area (Å²) in [6.07, 6.45) is 5.11. The lowest BCUT2D eigenvalue weighted by atomic mass is 10.0. The molecule has 4 N–H and O–H groups in total. The van der Waals surface area contributed by atoms with Gasteiger partial charge in [0.15, 0.2) is 0 Å². The quantitative estimate of drug-likeness (QED) is 0.128. The lowest BCUT2D eigenvalue weighted by Gasteiger charge is -2.33. The Hall–Kier alpha value is -5.82. The average molecular weight is 1060 g/mol. The number of carboxylic acid groups (broad SMARTS) is 1. The van der Waals surface area contributed by atoms with E-state index in [1.54, 1.807) is 14.7 Å². The van der Waals surface area contributed by atoms with Crippen LogP contribution in [0.4, 0.5) is 19.2 Å². The van der Waals surface area contributed by atoms with Crippen LogP contribution in [-0.4, -0.2) is 184 Å². The van der Waals surface area contributed by atoms with Crippen molar-refractivity contribution in [3.63, 3.8) is 0 Å². The van der Waals surface area contributed by atoms with Crippen molar-refractivity contribution in [1.82, 2.24) is 35.2 Å². The van der Waals surface area contributed by atoms with E-state index in [1.807, 2.05) is 102 Å². The topological polar surface area (TPSA) is 254 Å². The molecule has 2 aromatic rings. The van der Waals surface area contributed by atoms with Gasteiger partial charge >= 0.3 is 30.2 Å². The largest absolute Gasteiger partial charge is 0.480 e. The fourth-order valence-electron chi connectivity index (χ4n) is 9.33. The highest BCUT2D eigenvalue weighted by atomic mass is 16.7. The first-order valence-corrected chi connectivity index (χ1v) is 26.0. The van der Waals surface area contributed by atoms with Crippen LogP contribution >= 0.6 is 0 Å². The number of ether oxygens (including phenoxy) is 4. The van der Waals surface area contributed by atoms with E-state index in [0.29, 0.717) is 98.0 Å². The van der Waals surface area contributed by atoms with Crippen LogP contribution < -0.4 is 11.4 Å². The number of aliphatic carboxylic acids is 1. The molecule has 4 atom stereocenters. The van der Waals surface area contributed by atoms with Crippen LogP contribution in [0.1, 0.15) is 104 Å². The molecule has 0 saturated carbocycles. The van der Waals surface area contributed by atoms with Gasteiger partial charge in [0.2, 0.25) is 0 Å². The molecule has 0 unspecified atom stereocenters. The molecule has 8 rings (SSSR count). The number of likely N-dealkylation sites (tertiary alicyclic amines) is 2. The Balaban J connectivity index is 0.000000202. The van der Waals surface area contributed by atoms with Crippen molar-refractivity contribution in [1.29, 1.82) is 0 Å². The summed E-state index contributed by atoms with van der Waals surface area (Å²) in [6, 6.07) is 17.2. The molecule has 0 aliphatic carbocycles. The van der Waals surface area contributed by atoms with Crippen molar-refractivity contribution in [2.75, 3.05) is 65.7 Å². The van der Waals surface area contributed by atoms with Crippen molar-refractivity contribution < 1.29 is 72.2 Å². The first-order valence-electron chi connectivity index (χ1n) is 26.0. The SMILES string of the molecule is CC(C)(C)OC(=O)N1CCC(OCCON)CC1.CC(C)(C)OC(=O)N1CCC(OCCONC(=O)[C@@H]2CC[C@@H]3CN2C(=O)N3OCc2ccccc2)CC1.O=C(O)[C@@H]1CC[C@@H]2CN1C(=O)N2OCc1ccccc1. The molecule has 0 aromatic heterocycles. The summed E-state index contributed by atoms with van der Waals surface area (Å²) in [7, 11) is 0. The number of carbonyl (C=O) groups excluding carboxylic acids is 5.